The zero-order valence-electron chi connectivity index (χ0n) is 18.7. The summed E-state index contributed by atoms with van der Waals surface area (Å²) in [6, 6.07) is 12.2. The van der Waals surface area contributed by atoms with E-state index in [1.165, 1.54) is 12.8 Å². The lowest BCUT2D eigenvalue weighted by atomic mass is 9.93. The van der Waals surface area contributed by atoms with Crippen molar-refractivity contribution in [3.05, 3.63) is 36.2 Å². The van der Waals surface area contributed by atoms with Crippen molar-refractivity contribution >= 4 is 28.4 Å². The number of aromatic nitrogens is 4. The molecule has 0 aromatic carbocycles. The van der Waals surface area contributed by atoms with E-state index < -0.39 is 0 Å². The van der Waals surface area contributed by atoms with Crippen molar-refractivity contribution in [2.75, 3.05) is 10.6 Å². The number of nitrogens with zero attached hydrogens (tertiary/aromatic N) is 5. The molecule has 2 aliphatic heterocycles. The van der Waals surface area contributed by atoms with Gasteiger partial charge in [-0.25, -0.2) is 4.98 Å². The van der Waals surface area contributed by atoms with E-state index in [1.54, 1.807) is 0 Å². The van der Waals surface area contributed by atoms with E-state index in [1.807, 2.05) is 31.3 Å². The first kappa shape index (κ1) is 20.7. The quantitative estimate of drug-likeness (QED) is 0.506. The number of anilines is 3. The number of nitrogens with one attached hydrogen (secondary N) is 3. The van der Waals surface area contributed by atoms with Gasteiger partial charge in [0.15, 0.2) is 5.82 Å². The lowest BCUT2D eigenvalue weighted by Crippen LogP contribution is -2.51. The van der Waals surface area contributed by atoms with E-state index >= 15 is 0 Å². The van der Waals surface area contributed by atoms with Crippen molar-refractivity contribution in [3.8, 4) is 6.07 Å². The van der Waals surface area contributed by atoms with Crippen molar-refractivity contribution in [1.29, 1.82) is 5.26 Å². The molecule has 5 heterocycles. The number of hydrogen-bond donors (Lipinski definition) is 3. The minimum Gasteiger partial charge on any atom is -0.367 e. The van der Waals surface area contributed by atoms with Gasteiger partial charge in [-0.1, -0.05) is 6.92 Å². The minimum atomic E-state index is 0.363. The molecule has 4 atom stereocenters. The molecule has 8 nitrogen and oxygen atoms in total. The van der Waals surface area contributed by atoms with Crippen LogP contribution in [0.5, 0.6) is 0 Å². The predicted molar refractivity (Wildman–Crippen MR) is 126 cm³/mol. The van der Waals surface area contributed by atoms with Crippen LogP contribution in [-0.4, -0.2) is 49.2 Å². The SMILES string of the molecule is CCC(CC#N)N1[C@@H]2CC[C@H]1CC(Nc1nc(Nc3cc(C)[nH]n3)cc3ncccc13)C2. The van der Waals surface area contributed by atoms with Crippen LogP contribution in [0.2, 0.25) is 0 Å². The summed E-state index contributed by atoms with van der Waals surface area (Å²) >= 11 is 0. The summed E-state index contributed by atoms with van der Waals surface area (Å²) in [4.78, 5) is 12.1. The first-order valence-electron chi connectivity index (χ1n) is 11.6. The number of rotatable bonds is 7. The molecule has 0 spiro atoms. The third-order valence-electron chi connectivity index (χ3n) is 6.91. The zero-order valence-corrected chi connectivity index (χ0v) is 18.7. The van der Waals surface area contributed by atoms with Gasteiger partial charge in [0.25, 0.3) is 0 Å². The highest BCUT2D eigenvalue weighted by atomic mass is 15.3. The van der Waals surface area contributed by atoms with Crippen LogP contribution in [0, 0.1) is 18.3 Å². The van der Waals surface area contributed by atoms with Crippen molar-refractivity contribution in [3.63, 3.8) is 0 Å². The van der Waals surface area contributed by atoms with E-state index in [0.29, 0.717) is 30.6 Å². The summed E-state index contributed by atoms with van der Waals surface area (Å²) in [6.07, 6.45) is 8.08. The van der Waals surface area contributed by atoms with Gasteiger partial charge >= 0.3 is 0 Å². The van der Waals surface area contributed by atoms with Crippen LogP contribution in [0.3, 0.4) is 0 Å². The van der Waals surface area contributed by atoms with Gasteiger partial charge in [0.1, 0.15) is 11.6 Å². The summed E-state index contributed by atoms with van der Waals surface area (Å²) in [5, 5.41) is 24.6. The first-order chi connectivity index (χ1) is 15.6. The van der Waals surface area contributed by atoms with Gasteiger partial charge in [-0.3, -0.25) is 15.0 Å². The van der Waals surface area contributed by atoms with Crippen LogP contribution in [0.4, 0.5) is 17.5 Å². The zero-order chi connectivity index (χ0) is 22.1. The number of H-pyrrole nitrogens is 1. The molecule has 8 heteroatoms. The Bertz CT molecular complexity index is 1120. The average Bonchev–Trinajstić information content (AvgIpc) is 3.31. The van der Waals surface area contributed by atoms with E-state index in [4.69, 9.17) is 4.98 Å². The van der Waals surface area contributed by atoms with Gasteiger partial charge in [-0.05, 0) is 51.2 Å². The molecule has 0 radical (unpaired) electrons. The molecule has 2 saturated heterocycles. The fourth-order valence-electron chi connectivity index (χ4n) is 5.55. The molecule has 0 amide bonds. The van der Waals surface area contributed by atoms with E-state index in [-0.39, 0.29) is 0 Å². The molecule has 2 fully saturated rings. The van der Waals surface area contributed by atoms with Gasteiger partial charge in [-0.15, -0.1) is 0 Å². The second-order valence-electron chi connectivity index (χ2n) is 9.06. The molecule has 3 N–H and O–H groups in total. The smallest absolute Gasteiger partial charge is 0.153 e. The van der Waals surface area contributed by atoms with Crippen LogP contribution in [0.15, 0.2) is 30.5 Å². The molecule has 0 aliphatic carbocycles. The van der Waals surface area contributed by atoms with Crippen LogP contribution in [0.25, 0.3) is 10.9 Å². The number of aryl methyl sites for hydroxylation is 1. The predicted octanol–water partition coefficient (Wildman–Crippen LogP) is 4.50. The Morgan fingerprint density at radius 3 is 2.75 bits per heavy atom. The molecule has 3 aromatic rings. The monoisotopic (exact) mass is 430 g/mol. The molecule has 3 aromatic heterocycles. The largest absolute Gasteiger partial charge is 0.367 e. The summed E-state index contributed by atoms with van der Waals surface area (Å²) < 4.78 is 0. The van der Waals surface area contributed by atoms with Gasteiger partial charge in [0.05, 0.1) is 18.0 Å². The Morgan fingerprint density at radius 1 is 1.25 bits per heavy atom. The van der Waals surface area contributed by atoms with Gasteiger partial charge in [0, 0.05) is 53.6 Å². The maximum absolute atomic E-state index is 9.26. The lowest BCUT2D eigenvalue weighted by Gasteiger charge is -2.43. The average molecular weight is 431 g/mol. The normalized spacial score (nSPS) is 23.7. The maximum atomic E-state index is 9.26. The van der Waals surface area contributed by atoms with Crippen LogP contribution < -0.4 is 10.6 Å². The molecular weight excluding hydrogens is 400 g/mol. The van der Waals surface area contributed by atoms with Crippen molar-refractivity contribution < 1.29 is 0 Å². The van der Waals surface area contributed by atoms with E-state index in [2.05, 4.69) is 49.8 Å². The highest BCUT2D eigenvalue weighted by Crippen LogP contribution is 2.40. The second kappa shape index (κ2) is 8.75. The molecule has 2 aliphatic rings. The molecule has 2 bridgehead atoms. The lowest BCUT2D eigenvalue weighted by molar-refractivity contribution is 0.0803. The van der Waals surface area contributed by atoms with E-state index in [0.717, 1.165) is 53.3 Å². The van der Waals surface area contributed by atoms with Gasteiger partial charge in [-0.2, -0.15) is 10.4 Å². The summed E-state index contributed by atoms with van der Waals surface area (Å²) in [7, 11) is 0. The van der Waals surface area contributed by atoms with Gasteiger partial charge in [0.2, 0.25) is 0 Å². The second-order valence-corrected chi connectivity index (χ2v) is 9.06. The van der Waals surface area contributed by atoms with Crippen LogP contribution in [-0.2, 0) is 0 Å². The first-order valence-corrected chi connectivity index (χ1v) is 11.6. The fraction of sp³-hybridized carbons (Fsp3) is 0.500. The maximum Gasteiger partial charge on any atom is 0.153 e. The topological polar surface area (TPSA) is 106 Å². The molecule has 166 valence electrons. The molecule has 2 unspecified atom stereocenters. The van der Waals surface area contributed by atoms with Crippen molar-refractivity contribution in [2.45, 2.75) is 76.5 Å². The third-order valence-corrected chi connectivity index (χ3v) is 6.91. The Kier molecular flexibility index (Phi) is 5.66. The Hall–Kier alpha value is -3.18. The fourth-order valence-corrected chi connectivity index (χ4v) is 5.55. The number of aromatic amines is 1. The molecule has 5 rings (SSSR count). The summed E-state index contributed by atoms with van der Waals surface area (Å²) in [5.74, 6) is 2.34. The van der Waals surface area contributed by atoms with Crippen LogP contribution in [0.1, 0.15) is 51.1 Å². The van der Waals surface area contributed by atoms with Crippen molar-refractivity contribution in [1.82, 2.24) is 25.1 Å². The summed E-state index contributed by atoms with van der Waals surface area (Å²) in [5.41, 5.74) is 1.90. The number of fused-ring (bicyclic) bond motifs is 3. The Labute approximate surface area is 188 Å². The standard InChI is InChI=1S/C24H30N8/c1-3-17(8-9-25)32-18-6-7-19(32)13-16(12-18)27-24-20-5-4-10-26-21(20)14-22(29-24)28-23-11-15(2)30-31-23/h4-5,10-11,14,16-19H,3,6-8,12-13H2,1-2H3,(H3,27,28,29,30,31)/t16?,17?,18-,19+. The van der Waals surface area contributed by atoms with E-state index in [9.17, 15) is 5.26 Å². The Balaban J connectivity index is 1.38. The molecule has 32 heavy (non-hydrogen) atoms. The third kappa shape index (κ3) is 4.00. The molecule has 0 saturated carbocycles. The number of nitriles is 1. The van der Waals surface area contributed by atoms with Gasteiger partial charge < -0.3 is 10.6 Å². The molecular formula is C24H30N8. The van der Waals surface area contributed by atoms with Crippen molar-refractivity contribution in [2.24, 2.45) is 0 Å². The number of hydrogen-bond acceptors (Lipinski definition) is 7. The number of piperidine rings is 1. The summed E-state index contributed by atoms with van der Waals surface area (Å²) in [6.45, 7) is 4.18. The highest BCUT2D eigenvalue weighted by Gasteiger charge is 2.43. The minimum absolute atomic E-state index is 0.363. The highest BCUT2D eigenvalue weighted by molar-refractivity contribution is 5.91. The number of pyridine rings is 2. The Morgan fingerprint density at radius 2 is 2.06 bits per heavy atom. The van der Waals surface area contributed by atoms with Crippen LogP contribution >= 0.6 is 0 Å².